The zero-order chi connectivity index (χ0) is 9.56. The molecule has 0 N–H and O–H groups in total. The van der Waals surface area contributed by atoms with Crippen LogP contribution in [0.3, 0.4) is 0 Å². The van der Waals surface area contributed by atoms with Crippen molar-refractivity contribution in [3.05, 3.63) is 0 Å². The summed E-state index contributed by atoms with van der Waals surface area (Å²) in [4.78, 5) is 0. The van der Waals surface area contributed by atoms with Gasteiger partial charge in [0.1, 0.15) is 0 Å². The predicted molar refractivity (Wildman–Crippen MR) is 58.9 cm³/mol. The molecule has 0 rings (SSSR count). The standard InChI is InChI=1S/C8H22O2Si2/c1-8(10-12(4)5)6-7-9-11(2)3/h8,11-12H,6-7H2,1-5H3. The van der Waals surface area contributed by atoms with E-state index in [0.717, 1.165) is 13.0 Å². The summed E-state index contributed by atoms with van der Waals surface area (Å²) < 4.78 is 11.3. The average molecular weight is 206 g/mol. The van der Waals surface area contributed by atoms with Gasteiger partial charge in [-0.3, -0.25) is 0 Å². The molecule has 0 aliphatic heterocycles. The molecule has 1 unspecified atom stereocenters. The molecule has 0 saturated heterocycles. The van der Waals surface area contributed by atoms with E-state index in [1.165, 1.54) is 0 Å². The van der Waals surface area contributed by atoms with Crippen molar-refractivity contribution in [2.75, 3.05) is 6.61 Å². The third-order valence-corrected chi connectivity index (χ3v) is 3.39. The van der Waals surface area contributed by atoms with E-state index < -0.39 is 18.1 Å². The summed E-state index contributed by atoms with van der Waals surface area (Å²) >= 11 is 0. The molecule has 0 fully saturated rings. The second-order valence-electron chi connectivity index (χ2n) is 3.70. The van der Waals surface area contributed by atoms with E-state index in [4.69, 9.17) is 8.85 Å². The van der Waals surface area contributed by atoms with Crippen molar-refractivity contribution in [2.24, 2.45) is 0 Å². The van der Waals surface area contributed by atoms with Crippen molar-refractivity contribution in [1.29, 1.82) is 0 Å². The van der Waals surface area contributed by atoms with Gasteiger partial charge in [0.05, 0.1) is 0 Å². The second kappa shape index (κ2) is 6.83. The van der Waals surface area contributed by atoms with Gasteiger partial charge in [-0.05, 0) is 39.5 Å². The fourth-order valence-corrected chi connectivity index (χ4v) is 2.68. The number of hydrogen-bond donors (Lipinski definition) is 0. The Labute approximate surface area is 79.7 Å². The van der Waals surface area contributed by atoms with Crippen molar-refractivity contribution >= 4 is 18.1 Å². The fourth-order valence-electron chi connectivity index (χ4n) is 1.00. The summed E-state index contributed by atoms with van der Waals surface area (Å²) in [6.45, 7) is 11.8. The second-order valence-corrected chi connectivity index (χ2v) is 8.50. The van der Waals surface area contributed by atoms with E-state index in [9.17, 15) is 0 Å². The van der Waals surface area contributed by atoms with Crippen molar-refractivity contribution in [3.8, 4) is 0 Å². The molecule has 74 valence electrons. The molecule has 2 nitrogen and oxygen atoms in total. The van der Waals surface area contributed by atoms with Gasteiger partial charge in [0, 0.05) is 12.7 Å². The number of rotatable bonds is 6. The molecule has 0 aromatic carbocycles. The normalized spacial score (nSPS) is 14.2. The van der Waals surface area contributed by atoms with Gasteiger partial charge >= 0.3 is 0 Å². The van der Waals surface area contributed by atoms with Crippen LogP contribution in [0.5, 0.6) is 0 Å². The van der Waals surface area contributed by atoms with E-state index in [-0.39, 0.29) is 0 Å². The van der Waals surface area contributed by atoms with Gasteiger partial charge in [0.25, 0.3) is 0 Å². The third kappa shape index (κ3) is 8.45. The monoisotopic (exact) mass is 206 g/mol. The highest BCUT2D eigenvalue weighted by Crippen LogP contribution is 2.00. The van der Waals surface area contributed by atoms with Crippen LogP contribution in [0, 0.1) is 0 Å². The summed E-state index contributed by atoms with van der Waals surface area (Å²) in [5.74, 6) is 0. The van der Waals surface area contributed by atoms with Crippen molar-refractivity contribution < 1.29 is 8.85 Å². The molecule has 0 spiro atoms. The summed E-state index contributed by atoms with van der Waals surface area (Å²) in [5.41, 5.74) is 0. The largest absolute Gasteiger partial charge is 0.420 e. The molecule has 0 heterocycles. The van der Waals surface area contributed by atoms with Crippen LogP contribution in [0.25, 0.3) is 0 Å². The average Bonchev–Trinajstić information content (AvgIpc) is 1.84. The Morgan fingerprint density at radius 1 is 1.08 bits per heavy atom. The summed E-state index contributed by atoms with van der Waals surface area (Å²) in [6, 6.07) is 0. The first-order valence-electron chi connectivity index (χ1n) is 4.79. The Kier molecular flexibility index (Phi) is 7.03. The van der Waals surface area contributed by atoms with Crippen LogP contribution in [0.4, 0.5) is 0 Å². The summed E-state index contributed by atoms with van der Waals surface area (Å²) in [6.07, 6.45) is 1.44. The molecule has 0 bridgehead atoms. The fraction of sp³-hybridized carbons (Fsp3) is 1.00. The third-order valence-electron chi connectivity index (χ3n) is 1.48. The smallest absolute Gasteiger partial charge is 0.171 e. The van der Waals surface area contributed by atoms with Gasteiger partial charge in [0.2, 0.25) is 0 Å². The van der Waals surface area contributed by atoms with E-state index in [1.54, 1.807) is 0 Å². The van der Waals surface area contributed by atoms with Gasteiger partial charge in [-0.1, -0.05) is 0 Å². The van der Waals surface area contributed by atoms with Crippen molar-refractivity contribution in [2.45, 2.75) is 45.6 Å². The lowest BCUT2D eigenvalue weighted by atomic mass is 10.3. The Morgan fingerprint density at radius 2 is 1.67 bits per heavy atom. The van der Waals surface area contributed by atoms with Crippen molar-refractivity contribution in [1.82, 2.24) is 0 Å². The molecule has 0 aliphatic rings. The highest BCUT2D eigenvalue weighted by atomic mass is 28.3. The van der Waals surface area contributed by atoms with E-state index in [0.29, 0.717) is 6.10 Å². The molecule has 0 saturated carbocycles. The first-order valence-corrected chi connectivity index (χ1v) is 10.4. The lowest BCUT2D eigenvalue weighted by Crippen LogP contribution is -2.20. The number of hydrogen-bond acceptors (Lipinski definition) is 2. The molecular formula is C8H22O2Si2. The Bertz CT molecular complexity index is 107. The molecule has 12 heavy (non-hydrogen) atoms. The quantitative estimate of drug-likeness (QED) is 0.617. The minimum atomic E-state index is -0.840. The summed E-state index contributed by atoms with van der Waals surface area (Å²) in [5, 5.41) is 0. The van der Waals surface area contributed by atoms with E-state index in [2.05, 4.69) is 33.1 Å². The SMILES string of the molecule is CC(CCO[SiH](C)C)O[SiH](C)C. The predicted octanol–water partition coefficient (Wildman–Crippen LogP) is 1.76. The van der Waals surface area contributed by atoms with Crippen molar-refractivity contribution in [3.63, 3.8) is 0 Å². The van der Waals surface area contributed by atoms with Gasteiger partial charge in [-0.15, -0.1) is 0 Å². The maximum Gasteiger partial charge on any atom is 0.171 e. The zero-order valence-corrected chi connectivity index (χ0v) is 11.3. The molecule has 0 amide bonds. The zero-order valence-electron chi connectivity index (χ0n) is 8.96. The Balaban J connectivity index is 3.25. The Morgan fingerprint density at radius 3 is 2.08 bits per heavy atom. The molecule has 0 aromatic heterocycles. The van der Waals surface area contributed by atoms with Gasteiger partial charge in [-0.2, -0.15) is 0 Å². The molecule has 4 heteroatoms. The van der Waals surface area contributed by atoms with Crippen LogP contribution in [-0.4, -0.2) is 30.8 Å². The molecule has 0 aromatic rings. The minimum absolute atomic E-state index is 0.393. The van der Waals surface area contributed by atoms with E-state index >= 15 is 0 Å². The van der Waals surface area contributed by atoms with E-state index in [1.807, 2.05) is 0 Å². The Hall–Kier alpha value is 0.354. The lowest BCUT2D eigenvalue weighted by Gasteiger charge is -2.16. The molecule has 0 radical (unpaired) electrons. The van der Waals surface area contributed by atoms with Crippen LogP contribution in [0.1, 0.15) is 13.3 Å². The molecular weight excluding hydrogens is 184 g/mol. The first kappa shape index (κ1) is 12.4. The van der Waals surface area contributed by atoms with Crippen LogP contribution >= 0.6 is 0 Å². The first-order chi connectivity index (χ1) is 5.52. The molecule has 0 aliphatic carbocycles. The van der Waals surface area contributed by atoms with Gasteiger partial charge < -0.3 is 8.85 Å². The maximum absolute atomic E-state index is 5.71. The topological polar surface area (TPSA) is 18.5 Å². The van der Waals surface area contributed by atoms with Gasteiger partial charge in [-0.25, -0.2) is 0 Å². The van der Waals surface area contributed by atoms with Gasteiger partial charge in [0.15, 0.2) is 18.1 Å². The lowest BCUT2D eigenvalue weighted by molar-refractivity contribution is 0.179. The maximum atomic E-state index is 5.71. The van der Waals surface area contributed by atoms with Crippen LogP contribution in [0.2, 0.25) is 26.2 Å². The van der Waals surface area contributed by atoms with Crippen LogP contribution in [0.15, 0.2) is 0 Å². The highest BCUT2D eigenvalue weighted by molar-refractivity contribution is 6.48. The minimum Gasteiger partial charge on any atom is -0.420 e. The summed E-state index contributed by atoms with van der Waals surface area (Å²) in [7, 11) is -1.65. The highest BCUT2D eigenvalue weighted by Gasteiger charge is 2.05. The van der Waals surface area contributed by atoms with Crippen LogP contribution < -0.4 is 0 Å². The molecule has 1 atom stereocenters. The van der Waals surface area contributed by atoms with Crippen LogP contribution in [-0.2, 0) is 8.85 Å².